The molecule has 1 aromatic rings. The van der Waals surface area contributed by atoms with Crippen molar-refractivity contribution in [1.82, 2.24) is 15.5 Å². The second kappa shape index (κ2) is 5.93. The third kappa shape index (κ3) is 2.86. The molecule has 0 bridgehead atoms. The fourth-order valence-corrected chi connectivity index (χ4v) is 3.64. The molecule has 0 unspecified atom stereocenters. The molecule has 2 atom stereocenters. The van der Waals surface area contributed by atoms with Crippen molar-refractivity contribution in [2.24, 2.45) is 11.8 Å². The van der Waals surface area contributed by atoms with Gasteiger partial charge >= 0.3 is 0 Å². The smallest absolute Gasteiger partial charge is 0.261 e. The van der Waals surface area contributed by atoms with E-state index in [0.29, 0.717) is 29.7 Å². The third-order valence-corrected chi connectivity index (χ3v) is 4.98. The van der Waals surface area contributed by atoms with Crippen LogP contribution < -0.4 is 10.6 Å². The number of thiophene rings is 1. The van der Waals surface area contributed by atoms with Gasteiger partial charge in [-0.05, 0) is 23.3 Å². The molecule has 5 nitrogen and oxygen atoms in total. The van der Waals surface area contributed by atoms with Crippen molar-refractivity contribution in [2.45, 2.75) is 6.42 Å². The summed E-state index contributed by atoms with van der Waals surface area (Å²) in [5.74, 6) is 1.32. The quantitative estimate of drug-likeness (QED) is 0.852. The molecule has 2 aliphatic rings. The van der Waals surface area contributed by atoms with Gasteiger partial charge in [-0.25, -0.2) is 0 Å². The van der Waals surface area contributed by atoms with Crippen molar-refractivity contribution in [1.29, 1.82) is 0 Å². The van der Waals surface area contributed by atoms with Crippen LogP contribution in [-0.4, -0.2) is 49.4 Å². The molecule has 3 heterocycles. The molecule has 2 amide bonds. The Labute approximate surface area is 122 Å². The number of fused-ring (bicyclic) bond motifs is 1. The molecule has 0 radical (unpaired) electrons. The van der Waals surface area contributed by atoms with E-state index in [9.17, 15) is 9.59 Å². The van der Waals surface area contributed by atoms with Crippen LogP contribution in [0.2, 0.25) is 0 Å². The highest BCUT2D eigenvalue weighted by atomic mass is 32.1. The number of carbonyl (C=O) groups excluding carboxylic acids is 2. The Kier molecular flexibility index (Phi) is 4.03. The topological polar surface area (TPSA) is 61.4 Å². The Morgan fingerprint density at radius 2 is 2.10 bits per heavy atom. The van der Waals surface area contributed by atoms with Crippen molar-refractivity contribution < 1.29 is 9.59 Å². The zero-order valence-electron chi connectivity index (χ0n) is 11.3. The lowest BCUT2D eigenvalue weighted by Gasteiger charge is -2.17. The summed E-state index contributed by atoms with van der Waals surface area (Å²) in [6.07, 6.45) is 0.393. The molecule has 108 valence electrons. The summed E-state index contributed by atoms with van der Waals surface area (Å²) in [4.78, 5) is 26.5. The highest BCUT2D eigenvalue weighted by Gasteiger charge is 2.37. The lowest BCUT2D eigenvalue weighted by molar-refractivity contribution is -0.130. The molecule has 2 aliphatic heterocycles. The summed E-state index contributed by atoms with van der Waals surface area (Å²) in [6, 6.07) is 3.64. The average molecular weight is 293 g/mol. The van der Waals surface area contributed by atoms with Gasteiger partial charge in [-0.2, -0.15) is 0 Å². The maximum absolute atomic E-state index is 12.1. The lowest BCUT2D eigenvalue weighted by atomic mass is 10.0. The minimum Gasteiger partial charge on any atom is -0.351 e. The average Bonchev–Trinajstić information content (AvgIpc) is 3.14. The van der Waals surface area contributed by atoms with Gasteiger partial charge in [-0.3, -0.25) is 9.59 Å². The van der Waals surface area contributed by atoms with E-state index < -0.39 is 0 Å². The predicted octanol–water partition coefficient (Wildman–Crippen LogP) is 0.546. The SMILES string of the molecule is O=C(NCCC(=O)N1C[C@H]2CNC[C@H]2C1)c1cccs1. The van der Waals surface area contributed by atoms with Gasteiger partial charge in [0.1, 0.15) is 0 Å². The van der Waals surface area contributed by atoms with Gasteiger partial charge in [-0.1, -0.05) is 6.07 Å². The van der Waals surface area contributed by atoms with Crippen molar-refractivity contribution in [3.8, 4) is 0 Å². The molecule has 3 rings (SSSR count). The Balaban J connectivity index is 1.40. The van der Waals surface area contributed by atoms with E-state index in [1.54, 1.807) is 6.07 Å². The van der Waals surface area contributed by atoms with Crippen molar-refractivity contribution in [3.05, 3.63) is 22.4 Å². The molecule has 2 N–H and O–H groups in total. The van der Waals surface area contributed by atoms with Crippen LogP contribution in [0.15, 0.2) is 17.5 Å². The van der Waals surface area contributed by atoms with E-state index in [2.05, 4.69) is 10.6 Å². The van der Waals surface area contributed by atoms with E-state index in [0.717, 1.165) is 26.2 Å². The van der Waals surface area contributed by atoms with E-state index in [1.165, 1.54) is 11.3 Å². The molecular weight excluding hydrogens is 274 g/mol. The van der Waals surface area contributed by atoms with Crippen LogP contribution in [0, 0.1) is 11.8 Å². The van der Waals surface area contributed by atoms with Crippen LogP contribution in [0.4, 0.5) is 0 Å². The molecule has 2 fully saturated rings. The number of carbonyl (C=O) groups is 2. The summed E-state index contributed by atoms with van der Waals surface area (Å²) in [5.41, 5.74) is 0. The first kappa shape index (κ1) is 13.6. The molecule has 0 spiro atoms. The minimum atomic E-state index is -0.0877. The zero-order valence-corrected chi connectivity index (χ0v) is 12.1. The third-order valence-electron chi connectivity index (χ3n) is 4.11. The molecule has 0 aromatic carbocycles. The van der Waals surface area contributed by atoms with Gasteiger partial charge in [0, 0.05) is 39.1 Å². The summed E-state index contributed by atoms with van der Waals surface area (Å²) < 4.78 is 0. The molecule has 2 saturated heterocycles. The van der Waals surface area contributed by atoms with Gasteiger partial charge in [0.25, 0.3) is 5.91 Å². The van der Waals surface area contributed by atoms with Gasteiger partial charge in [-0.15, -0.1) is 11.3 Å². The molecule has 0 saturated carbocycles. The number of nitrogens with one attached hydrogen (secondary N) is 2. The van der Waals surface area contributed by atoms with Gasteiger partial charge in [0.05, 0.1) is 4.88 Å². The Hall–Kier alpha value is -1.40. The van der Waals surface area contributed by atoms with Gasteiger partial charge < -0.3 is 15.5 Å². The standard InChI is InChI=1S/C14H19N3O2S/c18-13(17-8-10-6-15-7-11(10)9-17)3-4-16-14(19)12-2-1-5-20-12/h1-2,5,10-11,15H,3-4,6-9H2,(H,16,19)/t10-,11+. The fourth-order valence-electron chi connectivity index (χ4n) is 2.99. The predicted molar refractivity (Wildman–Crippen MR) is 77.7 cm³/mol. The van der Waals surface area contributed by atoms with Crippen molar-refractivity contribution >= 4 is 23.2 Å². The number of rotatable bonds is 4. The molecule has 20 heavy (non-hydrogen) atoms. The molecule has 6 heteroatoms. The lowest BCUT2D eigenvalue weighted by Crippen LogP contribution is -2.34. The summed E-state index contributed by atoms with van der Waals surface area (Å²) in [6.45, 7) is 4.22. The van der Waals surface area contributed by atoms with Gasteiger partial charge in [0.2, 0.25) is 5.91 Å². The Morgan fingerprint density at radius 3 is 2.75 bits per heavy atom. The second-order valence-electron chi connectivity index (χ2n) is 5.46. The number of hydrogen-bond donors (Lipinski definition) is 2. The zero-order chi connectivity index (χ0) is 13.9. The highest BCUT2D eigenvalue weighted by molar-refractivity contribution is 7.12. The van der Waals surface area contributed by atoms with Crippen LogP contribution >= 0.6 is 11.3 Å². The monoisotopic (exact) mass is 293 g/mol. The van der Waals surface area contributed by atoms with Crippen molar-refractivity contribution in [3.63, 3.8) is 0 Å². The Bertz CT molecular complexity index is 477. The maximum atomic E-state index is 12.1. The first-order valence-electron chi connectivity index (χ1n) is 7.04. The second-order valence-corrected chi connectivity index (χ2v) is 6.41. The molecule has 1 aromatic heterocycles. The highest BCUT2D eigenvalue weighted by Crippen LogP contribution is 2.26. The molecule has 0 aliphatic carbocycles. The number of amides is 2. The summed E-state index contributed by atoms with van der Waals surface area (Å²) in [7, 11) is 0. The number of likely N-dealkylation sites (tertiary alicyclic amines) is 1. The van der Waals surface area contributed by atoms with Crippen LogP contribution in [0.5, 0.6) is 0 Å². The van der Waals surface area contributed by atoms with Crippen LogP contribution in [0.25, 0.3) is 0 Å². The summed E-state index contributed by atoms with van der Waals surface area (Å²) >= 11 is 1.41. The van der Waals surface area contributed by atoms with E-state index in [4.69, 9.17) is 0 Å². The normalized spacial score (nSPS) is 24.7. The van der Waals surface area contributed by atoms with Crippen molar-refractivity contribution in [2.75, 3.05) is 32.7 Å². The van der Waals surface area contributed by atoms with E-state index >= 15 is 0 Å². The first-order chi connectivity index (χ1) is 9.74. The minimum absolute atomic E-state index is 0.0877. The number of nitrogens with zero attached hydrogens (tertiary/aromatic N) is 1. The van der Waals surface area contributed by atoms with E-state index in [-0.39, 0.29) is 11.8 Å². The largest absolute Gasteiger partial charge is 0.351 e. The maximum Gasteiger partial charge on any atom is 0.261 e. The first-order valence-corrected chi connectivity index (χ1v) is 7.92. The van der Waals surface area contributed by atoms with Gasteiger partial charge in [0.15, 0.2) is 0 Å². The van der Waals surface area contributed by atoms with Crippen LogP contribution in [-0.2, 0) is 4.79 Å². The summed E-state index contributed by atoms with van der Waals surface area (Å²) in [5, 5.41) is 8.04. The number of hydrogen-bond acceptors (Lipinski definition) is 4. The van der Waals surface area contributed by atoms with E-state index in [1.807, 2.05) is 16.3 Å². The molecular formula is C14H19N3O2S. The van der Waals surface area contributed by atoms with Crippen LogP contribution in [0.1, 0.15) is 16.1 Å². The Morgan fingerprint density at radius 1 is 1.35 bits per heavy atom. The fraction of sp³-hybridized carbons (Fsp3) is 0.571. The van der Waals surface area contributed by atoms with Crippen LogP contribution in [0.3, 0.4) is 0 Å².